The fraction of sp³-hybridized carbons (Fsp3) is 0.812. The molecule has 1 aliphatic rings. The fourth-order valence-corrected chi connectivity index (χ4v) is 1.57. The summed E-state index contributed by atoms with van der Waals surface area (Å²) >= 11 is 0. The lowest BCUT2D eigenvalue weighted by Gasteiger charge is -2.05. The van der Waals surface area contributed by atoms with Gasteiger partial charge in [0.15, 0.2) is 0 Å². The van der Waals surface area contributed by atoms with Crippen molar-refractivity contribution in [3.8, 4) is 0 Å². The zero-order chi connectivity index (χ0) is 17.9. The minimum Gasteiger partial charge on any atom is -0.354 e. The highest BCUT2D eigenvalue weighted by atomic mass is 16.2. The summed E-state index contributed by atoms with van der Waals surface area (Å²) in [4.78, 5) is 32.1. The van der Waals surface area contributed by atoms with Crippen LogP contribution in [0.1, 0.15) is 59.8 Å². The summed E-state index contributed by atoms with van der Waals surface area (Å²) in [6.07, 6.45) is 4.25. The monoisotopic (exact) mass is 330 g/mol. The highest BCUT2D eigenvalue weighted by Gasteiger charge is 2.03. The summed E-state index contributed by atoms with van der Waals surface area (Å²) in [5.74, 6) is 0.101. The molecule has 1 rings (SSSR count). The zero-order valence-electron chi connectivity index (χ0n) is 15.1. The Hall–Kier alpha value is -1.79. The smallest absolute Gasteiger partial charge is 0.314 e. The first-order chi connectivity index (χ1) is 11.1. The van der Waals surface area contributed by atoms with E-state index >= 15 is 0 Å². The number of hydrogen-bond donors (Lipinski definition) is 4. The van der Waals surface area contributed by atoms with Crippen LogP contribution in [0.15, 0.2) is 0 Å². The normalized spacial score (nSPS) is 11.7. The van der Waals surface area contributed by atoms with Crippen LogP contribution in [0, 0.1) is 0 Å². The molecule has 4 N–H and O–H groups in total. The van der Waals surface area contributed by atoms with E-state index in [1.54, 1.807) is 6.92 Å². The number of urea groups is 1. The number of nitrogens with one attached hydrogen (secondary N) is 4. The van der Waals surface area contributed by atoms with Crippen molar-refractivity contribution in [2.45, 2.75) is 59.8 Å². The van der Waals surface area contributed by atoms with Crippen LogP contribution in [0.4, 0.5) is 4.79 Å². The third-order valence-corrected chi connectivity index (χ3v) is 2.79. The summed E-state index contributed by atoms with van der Waals surface area (Å²) < 4.78 is 0. The van der Waals surface area contributed by atoms with E-state index in [-0.39, 0.29) is 17.8 Å². The van der Waals surface area contributed by atoms with Gasteiger partial charge >= 0.3 is 6.03 Å². The van der Waals surface area contributed by atoms with Crippen molar-refractivity contribution in [2.24, 2.45) is 0 Å². The number of carbonyl (C=O) groups is 3. The summed E-state index contributed by atoms with van der Waals surface area (Å²) in [7, 11) is 0. The largest absolute Gasteiger partial charge is 0.354 e. The molecule has 0 unspecified atom stereocenters. The Balaban J connectivity index is 0. The van der Waals surface area contributed by atoms with Gasteiger partial charge in [0.25, 0.3) is 0 Å². The second-order valence-electron chi connectivity index (χ2n) is 4.69. The van der Waals surface area contributed by atoms with Crippen molar-refractivity contribution < 1.29 is 14.4 Å². The molecule has 0 aromatic carbocycles. The third kappa shape index (κ3) is 18.2. The van der Waals surface area contributed by atoms with E-state index in [9.17, 15) is 14.4 Å². The van der Waals surface area contributed by atoms with Crippen LogP contribution < -0.4 is 21.3 Å². The van der Waals surface area contributed by atoms with E-state index in [4.69, 9.17) is 0 Å². The molecular formula is C16H34N4O3. The minimum atomic E-state index is -0.0463. The lowest BCUT2D eigenvalue weighted by Crippen LogP contribution is -2.34. The van der Waals surface area contributed by atoms with Crippen LogP contribution >= 0.6 is 0 Å². The van der Waals surface area contributed by atoms with Gasteiger partial charge in [-0.3, -0.25) is 9.59 Å². The lowest BCUT2D eigenvalue weighted by molar-refractivity contribution is -0.122. The van der Waals surface area contributed by atoms with E-state index in [0.717, 1.165) is 32.4 Å². The van der Waals surface area contributed by atoms with Crippen molar-refractivity contribution in [2.75, 3.05) is 26.2 Å². The topological polar surface area (TPSA) is 99.3 Å². The SMILES string of the molecule is CC.CCCCCC(=O)NCCNC(=O)CC.O=C1NCCN1. The molecule has 0 radical (unpaired) electrons. The Morgan fingerprint density at radius 1 is 0.957 bits per heavy atom. The Morgan fingerprint density at radius 3 is 1.87 bits per heavy atom. The van der Waals surface area contributed by atoms with Gasteiger partial charge in [0, 0.05) is 39.0 Å². The highest BCUT2D eigenvalue weighted by molar-refractivity contribution is 5.77. The number of rotatable bonds is 8. The van der Waals surface area contributed by atoms with Crippen LogP contribution in [-0.2, 0) is 9.59 Å². The maximum atomic E-state index is 11.2. The molecule has 0 spiro atoms. The van der Waals surface area contributed by atoms with Gasteiger partial charge in [0.2, 0.25) is 11.8 Å². The molecule has 4 amide bonds. The van der Waals surface area contributed by atoms with Crippen molar-refractivity contribution in [3.05, 3.63) is 0 Å². The molecule has 0 aromatic rings. The number of unbranched alkanes of at least 4 members (excludes halogenated alkanes) is 2. The summed E-state index contributed by atoms with van der Waals surface area (Å²) in [5.41, 5.74) is 0. The Labute approximate surface area is 140 Å². The molecule has 1 aliphatic heterocycles. The molecule has 23 heavy (non-hydrogen) atoms. The number of hydrogen-bond acceptors (Lipinski definition) is 3. The van der Waals surface area contributed by atoms with E-state index < -0.39 is 0 Å². The van der Waals surface area contributed by atoms with Crippen molar-refractivity contribution >= 4 is 17.8 Å². The quantitative estimate of drug-likeness (QED) is 0.508. The van der Waals surface area contributed by atoms with Crippen LogP contribution in [0.5, 0.6) is 0 Å². The molecule has 0 atom stereocenters. The molecule has 0 aliphatic carbocycles. The first-order valence-electron chi connectivity index (χ1n) is 8.65. The number of amides is 4. The molecule has 136 valence electrons. The maximum Gasteiger partial charge on any atom is 0.314 e. The first-order valence-corrected chi connectivity index (χ1v) is 8.65. The maximum absolute atomic E-state index is 11.2. The highest BCUT2D eigenvalue weighted by Crippen LogP contribution is 1.97. The first kappa shape index (κ1) is 23.5. The molecule has 0 bridgehead atoms. The Bertz CT molecular complexity index is 314. The Kier molecular flexibility index (Phi) is 18.6. The zero-order valence-corrected chi connectivity index (χ0v) is 15.1. The lowest BCUT2D eigenvalue weighted by atomic mass is 10.2. The van der Waals surface area contributed by atoms with Gasteiger partial charge in [0.05, 0.1) is 0 Å². The standard InChI is InChI=1S/C11H22N2O2.C3H6N2O.C2H6/c1-3-5-6-7-11(15)13-9-8-12-10(14)4-2;6-3-4-1-2-5-3;1-2/h3-9H2,1-2H3,(H,12,14)(H,13,15);1-2H2,(H2,4,5,6);1-2H3. The molecule has 7 heteroatoms. The van der Waals surface area contributed by atoms with Gasteiger partial charge in [-0.05, 0) is 6.42 Å². The predicted molar refractivity (Wildman–Crippen MR) is 93.2 cm³/mol. The van der Waals surface area contributed by atoms with Crippen LogP contribution in [-0.4, -0.2) is 44.0 Å². The van der Waals surface area contributed by atoms with Gasteiger partial charge in [0.1, 0.15) is 0 Å². The molecule has 7 nitrogen and oxygen atoms in total. The van der Waals surface area contributed by atoms with Crippen molar-refractivity contribution in [3.63, 3.8) is 0 Å². The minimum absolute atomic E-state index is 0.0234. The van der Waals surface area contributed by atoms with E-state index in [1.807, 2.05) is 13.8 Å². The van der Waals surface area contributed by atoms with E-state index in [1.165, 1.54) is 0 Å². The molecule has 1 fully saturated rings. The van der Waals surface area contributed by atoms with Gasteiger partial charge < -0.3 is 21.3 Å². The summed E-state index contributed by atoms with van der Waals surface area (Å²) in [6.45, 7) is 10.5. The fourth-order valence-electron chi connectivity index (χ4n) is 1.57. The van der Waals surface area contributed by atoms with E-state index in [2.05, 4.69) is 28.2 Å². The summed E-state index contributed by atoms with van der Waals surface area (Å²) in [5, 5.41) is 10.6. The Morgan fingerprint density at radius 2 is 1.48 bits per heavy atom. The van der Waals surface area contributed by atoms with Crippen LogP contribution in [0.3, 0.4) is 0 Å². The molecule has 0 aromatic heterocycles. The molecular weight excluding hydrogens is 296 g/mol. The van der Waals surface area contributed by atoms with Crippen molar-refractivity contribution in [1.29, 1.82) is 0 Å². The van der Waals surface area contributed by atoms with Gasteiger partial charge in [-0.2, -0.15) is 0 Å². The van der Waals surface area contributed by atoms with Crippen LogP contribution in [0.25, 0.3) is 0 Å². The van der Waals surface area contributed by atoms with Gasteiger partial charge in [-0.25, -0.2) is 4.79 Å². The van der Waals surface area contributed by atoms with Crippen LogP contribution in [0.2, 0.25) is 0 Å². The average molecular weight is 330 g/mol. The second-order valence-corrected chi connectivity index (χ2v) is 4.69. The molecule has 1 heterocycles. The molecule has 0 saturated carbocycles. The van der Waals surface area contributed by atoms with Gasteiger partial charge in [-0.15, -0.1) is 0 Å². The molecule has 1 saturated heterocycles. The predicted octanol–water partition coefficient (Wildman–Crippen LogP) is 1.53. The second kappa shape index (κ2) is 18.3. The average Bonchev–Trinajstić information content (AvgIpc) is 3.05. The van der Waals surface area contributed by atoms with Gasteiger partial charge in [-0.1, -0.05) is 40.5 Å². The third-order valence-electron chi connectivity index (χ3n) is 2.79. The van der Waals surface area contributed by atoms with Crippen molar-refractivity contribution in [1.82, 2.24) is 21.3 Å². The summed E-state index contributed by atoms with van der Waals surface area (Å²) in [6, 6.07) is -0.0463. The van der Waals surface area contributed by atoms with E-state index in [0.29, 0.717) is 25.9 Å². The number of carbonyl (C=O) groups excluding carboxylic acids is 3.